The van der Waals surface area contributed by atoms with E-state index in [9.17, 15) is 0 Å². The normalized spacial score (nSPS) is 12.9. The number of hydrogen-bond acceptors (Lipinski definition) is 0. The van der Waals surface area contributed by atoms with Crippen LogP contribution in [0.25, 0.3) is 22.3 Å². The van der Waals surface area contributed by atoms with Crippen molar-refractivity contribution in [1.29, 1.82) is 0 Å². The van der Waals surface area contributed by atoms with Crippen molar-refractivity contribution < 1.29 is 23.3 Å². The third kappa shape index (κ3) is 10.5. The molecule has 0 saturated carbocycles. The van der Waals surface area contributed by atoms with E-state index in [0.29, 0.717) is 0 Å². The quantitative estimate of drug-likeness (QED) is 0.152. The summed E-state index contributed by atoms with van der Waals surface area (Å²) < 4.78 is 0. The molecule has 2 aliphatic carbocycles. The largest absolute Gasteiger partial charge is 0.197 e. The summed E-state index contributed by atoms with van der Waals surface area (Å²) in [5.74, 6) is 0. The second-order valence-electron chi connectivity index (χ2n) is 9.34. The smallest absolute Gasteiger partial charge is 0.0353 e. The molecule has 6 rings (SSSR count). The number of benzene rings is 4. The number of allylic oxidation sites excluding steroid dienone is 8. The zero-order chi connectivity index (χ0) is 26.6. The van der Waals surface area contributed by atoms with Gasteiger partial charge >= 0.3 is 41.9 Å². The molecule has 0 radical (unpaired) electrons. The van der Waals surface area contributed by atoms with Crippen molar-refractivity contribution >= 4 is 52.5 Å². The third-order valence-electron chi connectivity index (χ3n) is 6.03. The Morgan fingerprint density at radius 1 is 0.475 bits per heavy atom. The monoisotopic (exact) mass is 654 g/mol. The van der Waals surface area contributed by atoms with Gasteiger partial charge in [0.1, 0.15) is 0 Å². The Labute approximate surface area is 267 Å². The molecule has 4 heteroatoms. The standard InChI is InChI=1S/2C17H13.C2H6Si.2ClH.Zr/c2*1-3-7-14(8-4-1)16-11-12-17(13-16)15-9-5-2-6-10-15;1-3-2;;;/h2*1-10,13H,11H2;1-2H3;2*1H;/q2*-1;;;;+2. The first kappa shape index (κ1) is 33.7. The Balaban J connectivity index is 0.000000237. The Kier molecular flexibility index (Phi) is 15.2. The van der Waals surface area contributed by atoms with Gasteiger partial charge in [0.15, 0.2) is 0 Å². The average molecular weight is 657 g/mol. The van der Waals surface area contributed by atoms with Crippen LogP contribution in [0.5, 0.6) is 0 Å². The van der Waals surface area contributed by atoms with E-state index in [-0.39, 0.29) is 30.2 Å². The molecule has 0 amide bonds. The van der Waals surface area contributed by atoms with Gasteiger partial charge in [-0.1, -0.05) is 110 Å². The predicted octanol–water partition coefficient (Wildman–Crippen LogP) is 10.3. The third-order valence-corrected chi connectivity index (χ3v) is 6.03. The number of halogens is 2. The average Bonchev–Trinajstić information content (AvgIpc) is 3.66. The minimum Gasteiger partial charge on any atom is -0.197 e. The second kappa shape index (κ2) is 18.1. The predicted molar refractivity (Wildman–Crippen MR) is 176 cm³/mol. The van der Waals surface area contributed by atoms with E-state index in [1.807, 2.05) is 24.3 Å². The SMILES string of the molecule is C[Si](C)=[Zr+2].Cl.Cl.[C-]1=C(c2ccccc2)C=C(c2ccccc2)C1.[C-]1=C(c2ccccc2)C=C(c2ccccc2)C1. The van der Waals surface area contributed by atoms with Gasteiger partial charge in [-0.05, 0) is 11.1 Å². The maximum atomic E-state index is 3.45. The van der Waals surface area contributed by atoms with Gasteiger partial charge in [-0.2, -0.15) is 35.5 Å². The summed E-state index contributed by atoms with van der Waals surface area (Å²) in [5, 5.41) is 0. The van der Waals surface area contributed by atoms with Crippen molar-refractivity contribution in [2.45, 2.75) is 25.9 Å². The molecule has 40 heavy (non-hydrogen) atoms. The molecule has 0 bridgehead atoms. The van der Waals surface area contributed by atoms with Gasteiger partial charge in [0.2, 0.25) is 0 Å². The van der Waals surface area contributed by atoms with Crippen LogP contribution in [0.3, 0.4) is 0 Å². The fourth-order valence-corrected chi connectivity index (χ4v) is 4.21. The molecule has 0 atom stereocenters. The molecule has 0 spiro atoms. The molecule has 0 nitrogen and oxygen atoms in total. The molecule has 4 aromatic rings. The molecule has 0 unspecified atom stereocenters. The fourth-order valence-electron chi connectivity index (χ4n) is 4.21. The Hall–Kier alpha value is -2.48. The van der Waals surface area contributed by atoms with Crippen LogP contribution in [-0.4, -0.2) is 5.43 Å². The number of rotatable bonds is 4. The first-order chi connectivity index (χ1) is 18.6. The van der Waals surface area contributed by atoms with E-state index < -0.39 is 0 Å². The molecule has 0 saturated heterocycles. The molecule has 0 aliphatic heterocycles. The Morgan fingerprint density at radius 2 is 0.725 bits per heavy atom. The summed E-state index contributed by atoms with van der Waals surface area (Å²) in [6.45, 7) is 4.62. The summed E-state index contributed by atoms with van der Waals surface area (Å²) in [4.78, 5) is 0. The van der Waals surface area contributed by atoms with Crippen LogP contribution in [-0.2, 0) is 23.3 Å². The van der Waals surface area contributed by atoms with Crippen molar-refractivity contribution in [3.8, 4) is 0 Å². The van der Waals surface area contributed by atoms with E-state index in [1.165, 1.54) is 44.5 Å². The van der Waals surface area contributed by atoms with Gasteiger partial charge in [-0.3, -0.25) is 0 Å². The van der Waals surface area contributed by atoms with Gasteiger partial charge in [-0.15, -0.1) is 71.4 Å². The summed E-state index contributed by atoms with van der Waals surface area (Å²) in [6, 6.07) is 41.9. The van der Waals surface area contributed by atoms with Crippen molar-refractivity contribution in [3.63, 3.8) is 0 Å². The van der Waals surface area contributed by atoms with E-state index in [1.54, 1.807) is 23.3 Å². The van der Waals surface area contributed by atoms with Crippen molar-refractivity contribution in [1.82, 2.24) is 0 Å². The molecule has 2 aliphatic rings. The topological polar surface area (TPSA) is 0 Å². The Bertz CT molecular complexity index is 1340. The van der Waals surface area contributed by atoms with E-state index in [2.05, 4.69) is 134 Å². The molecule has 0 aromatic heterocycles. The molecule has 200 valence electrons. The van der Waals surface area contributed by atoms with Crippen LogP contribution in [0.1, 0.15) is 35.1 Å². The van der Waals surface area contributed by atoms with Crippen LogP contribution in [0.15, 0.2) is 133 Å². The van der Waals surface area contributed by atoms with Crippen LogP contribution in [0.4, 0.5) is 0 Å². The first-order valence-corrected chi connectivity index (χ1v) is 19.1. The zero-order valence-electron chi connectivity index (χ0n) is 22.9. The molecule has 0 fully saturated rings. The summed E-state index contributed by atoms with van der Waals surface area (Å²) in [7, 11) is 0. The van der Waals surface area contributed by atoms with Crippen LogP contribution in [0, 0.1) is 12.2 Å². The Morgan fingerprint density at radius 3 is 1.00 bits per heavy atom. The molecule has 0 heterocycles. The summed E-state index contributed by atoms with van der Waals surface area (Å²) in [5.41, 5.74) is 10.4. The minimum atomic E-state index is 0. The van der Waals surface area contributed by atoms with Gasteiger partial charge in [0, 0.05) is 0 Å². The van der Waals surface area contributed by atoms with Crippen molar-refractivity contribution in [3.05, 3.63) is 168 Å². The van der Waals surface area contributed by atoms with Crippen LogP contribution in [0.2, 0.25) is 13.1 Å². The number of hydrogen-bond donors (Lipinski definition) is 0. The van der Waals surface area contributed by atoms with E-state index in [4.69, 9.17) is 0 Å². The second-order valence-corrected chi connectivity index (χ2v) is 18.7. The zero-order valence-corrected chi connectivity index (χ0v) is 28.0. The minimum absolute atomic E-state index is 0. The van der Waals surface area contributed by atoms with Crippen LogP contribution >= 0.6 is 24.8 Å². The van der Waals surface area contributed by atoms with Gasteiger partial charge in [0.25, 0.3) is 0 Å². The maximum absolute atomic E-state index is 3.45. The molecule has 0 N–H and O–H groups in total. The van der Waals surface area contributed by atoms with Crippen molar-refractivity contribution in [2.24, 2.45) is 0 Å². The molecular weight excluding hydrogens is 623 g/mol. The van der Waals surface area contributed by atoms with Crippen molar-refractivity contribution in [2.75, 3.05) is 0 Å². The molecular formula is C36H34Cl2SiZr. The first-order valence-electron chi connectivity index (χ1n) is 13.0. The maximum Gasteiger partial charge on any atom is -0.0353 e. The summed E-state index contributed by atoms with van der Waals surface area (Å²) >= 11 is 1.74. The van der Waals surface area contributed by atoms with Gasteiger partial charge in [0.05, 0.1) is 0 Å². The van der Waals surface area contributed by atoms with E-state index in [0.717, 1.165) is 12.8 Å². The van der Waals surface area contributed by atoms with Gasteiger partial charge < -0.3 is 0 Å². The molecule has 4 aromatic carbocycles. The van der Waals surface area contributed by atoms with E-state index >= 15 is 0 Å². The van der Waals surface area contributed by atoms with Crippen LogP contribution < -0.4 is 0 Å². The van der Waals surface area contributed by atoms with Gasteiger partial charge in [-0.25, -0.2) is 0 Å². The fraction of sp³-hybridized carbons (Fsp3) is 0.111. The summed E-state index contributed by atoms with van der Waals surface area (Å²) in [6.07, 6.45) is 13.2.